The molecule has 3 heteroatoms. The molecular weight excluding hydrogens is 224 g/mol. The topological polar surface area (TPSA) is 37.3 Å². The highest BCUT2D eigenvalue weighted by atomic mass is 35.5. The Balaban J connectivity index is 2.68. The molecular formula is C13H23ClO2. The van der Waals surface area contributed by atoms with E-state index in [1.165, 1.54) is 6.92 Å². The Morgan fingerprint density at radius 1 is 1.50 bits per heavy atom. The smallest absolute Gasteiger partial charge is 0.132 e. The van der Waals surface area contributed by atoms with Crippen LogP contribution in [0.1, 0.15) is 53.4 Å². The van der Waals surface area contributed by atoms with E-state index in [-0.39, 0.29) is 23.0 Å². The van der Waals surface area contributed by atoms with Crippen molar-refractivity contribution in [2.24, 2.45) is 11.3 Å². The standard InChI is InChI=1S/C13H23ClO2/c1-9(15)8-13(16)6-5-10(7-11(13)14)12(2,3)4/h10-11,16H,5-8H2,1-4H3/t10-,11+,13-/m0/s1. The van der Waals surface area contributed by atoms with Gasteiger partial charge in [0, 0.05) is 6.42 Å². The van der Waals surface area contributed by atoms with Crippen LogP contribution in [-0.2, 0) is 4.79 Å². The summed E-state index contributed by atoms with van der Waals surface area (Å²) in [5, 5.41) is 10.0. The minimum Gasteiger partial charge on any atom is -0.388 e. The number of carbonyl (C=O) groups is 1. The lowest BCUT2D eigenvalue weighted by Crippen LogP contribution is -2.47. The Hall–Kier alpha value is -0.0800. The Morgan fingerprint density at radius 3 is 2.44 bits per heavy atom. The molecule has 0 spiro atoms. The predicted octanol–water partition coefficient (Wildman–Crippen LogP) is 3.15. The molecule has 0 unspecified atom stereocenters. The Labute approximate surface area is 103 Å². The van der Waals surface area contributed by atoms with Gasteiger partial charge >= 0.3 is 0 Å². The average Bonchev–Trinajstić information content (AvgIpc) is 2.06. The van der Waals surface area contributed by atoms with E-state index >= 15 is 0 Å². The fraction of sp³-hybridized carbons (Fsp3) is 0.923. The normalized spacial score (nSPS) is 36.1. The average molecular weight is 247 g/mol. The third kappa shape index (κ3) is 3.21. The van der Waals surface area contributed by atoms with Crippen molar-refractivity contribution in [3.8, 4) is 0 Å². The van der Waals surface area contributed by atoms with Crippen LogP contribution in [-0.4, -0.2) is 21.9 Å². The summed E-state index contributed by atoms with van der Waals surface area (Å²) >= 11 is 6.27. The van der Waals surface area contributed by atoms with Gasteiger partial charge in [-0.25, -0.2) is 0 Å². The van der Waals surface area contributed by atoms with E-state index in [4.69, 9.17) is 11.6 Å². The summed E-state index contributed by atoms with van der Waals surface area (Å²) in [5.74, 6) is 0.546. The number of halogens is 1. The van der Waals surface area contributed by atoms with Gasteiger partial charge in [0.25, 0.3) is 0 Å². The highest BCUT2D eigenvalue weighted by Crippen LogP contribution is 2.44. The molecule has 1 aliphatic carbocycles. The molecule has 0 amide bonds. The summed E-state index contributed by atoms with van der Waals surface area (Å²) in [4.78, 5) is 11.1. The van der Waals surface area contributed by atoms with Crippen LogP contribution in [0.3, 0.4) is 0 Å². The van der Waals surface area contributed by atoms with Gasteiger partial charge in [-0.3, -0.25) is 4.79 Å². The zero-order chi connectivity index (χ0) is 12.6. The fourth-order valence-corrected chi connectivity index (χ4v) is 2.99. The lowest BCUT2D eigenvalue weighted by Gasteiger charge is -2.44. The lowest BCUT2D eigenvalue weighted by molar-refractivity contribution is -0.123. The molecule has 0 aromatic rings. The third-order valence-electron chi connectivity index (χ3n) is 3.78. The Morgan fingerprint density at radius 2 is 2.06 bits per heavy atom. The van der Waals surface area contributed by atoms with Crippen molar-refractivity contribution >= 4 is 17.4 Å². The number of alkyl halides is 1. The minimum absolute atomic E-state index is 0.0161. The largest absolute Gasteiger partial charge is 0.388 e. The molecule has 0 heterocycles. The van der Waals surface area contributed by atoms with Crippen molar-refractivity contribution in [1.82, 2.24) is 0 Å². The molecule has 2 nitrogen and oxygen atoms in total. The van der Waals surface area contributed by atoms with Gasteiger partial charge < -0.3 is 5.11 Å². The highest BCUT2D eigenvalue weighted by molar-refractivity contribution is 6.21. The van der Waals surface area contributed by atoms with E-state index in [2.05, 4.69) is 20.8 Å². The van der Waals surface area contributed by atoms with E-state index in [1.807, 2.05) is 0 Å². The summed E-state index contributed by atoms with van der Waals surface area (Å²) in [6.07, 6.45) is 2.59. The van der Waals surface area contributed by atoms with Crippen LogP contribution in [0.15, 0.2) is 0 Å². The lowest BCUT2D eigenvalue weighted by atomic mass is 9.67. The molecule has 1 saturated carbocycles. The molecule has 0 radical (unpaired) electrons. The minimum atomic E-state index is -0.977. The Kier molecular flexibility index (Phi) is 4.07. The fourth-order valence-electron chi connectivity index (χ4n) is 2.58. The van der Waals surface area contributed by atoms with Gasteiger partial charge in [-0.05, 0) is 37.5 Å². The number of rotatable bonds is 2. The molecule has 1 fully saturated rings. The van der Waals surface area contributed by atoms with Gasteiger partial charge in [0.2, 0.25) is 0 Å². The second-order valence-corrected chi connectivity index (χ2v) is 6.81. The zero-order valence-electron chi connectivity index (χ0n) is 10.7. The maximum absolute atomic E-state index is 11.1. The predicted molar refractivity (Wildman–Crippen MR) is 66.7 cm³/mol. The van der Waals surface area contributed by atoms with Gasteiger partial charge in [-0.2, -0.15) is 0 Å². The van der Waals surface area contributed by atoms with E-state index in [1.54, 1.807) is 0 Å². The van der Waals surface area contributed by atoms with Gasteiger partial charge in [-0.1, -0.05) is 20.8 Å². The number of hydrogen-bond acceptors (Lipinski definition) is 2. The van der Waals surface area contributed by atoms with E-state index in [9.17, 15) is 9.90 Å². The highest BCUT2D eigenvalue weighted by Gasteiger charge is 2.44. The first kappa shape index (κ1) is 14.0. The molecule has 3 atom stereocenters. The molecule has 0 aliphatic heterocycles. The molecule has 16 heavy (non-hydrogen) atoms. The summed E-state index contributed by atoms with van der Waals surface area (Å²) in [5.41, 5.74) is -0.750. The number of carbonyl (C=O) groups excluding carboxylic acids is 1. The van der Waals surface area contributed by atoms with Crippen molar-refractivity contribution in [3.05, 3.63) is 0 Å². The first-order valence-corrected chi connectivity index (χ1v) is 6.45. The van der Waals surface area contributed by atoms with Crippen LogP contribution in [0.2, 0.25) is 0 Å². The van der Waals surface area contributed by atoms with Crippen molar-refractivity contribution in [1.29, 1.82) is 0 Å². The van der Waals surface area contributed by atoms with Crippen LogP contribution in [0.4, 0.5) is 0 Å². The first-order chi connectivity index (χ1) is 7.15. The van der Waals surface area contributed by atoms with Crippen LogP contribution in [0, 0.1) is 11.3 Å². The van der Waals surface area contributed by atoms with Crippen molar-refractivity contribution in [2.45, 2.75) is 64.4 Å². The number of ketones is 1. The SMILES string of the molecule is CC(=O)C[C@@]1(O)CC[C@H](C(C)(C)C)C[C@H]1Cl. The summed E-state index contributed by atoms with van der Waals surface area (Å²) < 4.78 is 0. The van der Waals surface area contributed by atoms with Gasteiger partial charge in [0.05, 0.1) is 11.0 Å². The maximum atomic E-state index is 11.1. The molecule has 0 bridgehead atoms. The van der Waals surface area contributed by atoms with Crippen LogP contribution in [0.25, 0.3) is 0 Å². The van der Waals surface area contributed by atoms with E-state index in [0.29, 0.717) is 12.3 Å². The van der Waals surface area contributed by atoms with E-state index < -0.39 is 5.60 Å². The quantitative estimate of drug-likeness (QED) is 0.760. The van der Waals surface area contributed by atoms with Gasteiger partial charge in [0.15, 0.2) is 0 Å². The molecule has 0 saturated heterocycles. The van der Waals surface area contributed by atoms with Crippen molar-refractivity contribution in [2.75, 3.05) is 0 Å². The second-order valence-electron chi connectivity index (χ2n) is 6.29. The molecule has 0 aromatic carbocycles. The summed E-state index contributed by atoms with van der Waals surface area (Å²) in [6, 6.07) is 0. The number of Topliss-reactive ketones (excluding diaryl/α,β-unsaturated/α-hetero) is 1. The maximum Gasteiger partial charge on any atom is 0.132 e. The first-order valence-electron chi connectivity index (χ1n) is 6.01. The molecule has 94 valence electrons. The molecule has 1 aliphatic rings. The monoisotopic (exact) mass is 246 g/mol. The van der Waals surface area contributed by atoms with Crippen molar-refractivity contribution in [3.63, 3.8) is 0 Å². The number of hydrogen-bond donors (Lipinski definition) is 1. The van der Waals surface area contributed by atoms with E-state index in [0.717, 1.165) is 12.8 Å². The van der Waals surface area contributed by atoms with Gasteiger partial charge in [-0.15, -0.1) is 11.6 Å². The van der Waals surface area contributed by atoms with Crippen LogP contribution in [0.5, 0.6) is 0 Å². The van der Waals surface area contributed by atoms with Crippen LogP contribution < -0.4 is 0 Å². The summed E-state index contributed by atoms with van der Waals surface area (Å²) in [6.45, 7) is 8.13. The second kappa shape index (κ2) is 4.66. The molecule has 1 N–H and O–H groups in total. The molecule has 0 aromatic heterocycles. The zero-order valence-corrected chi connectivity index (χ0v) is 11.5. The van der Waals surface area contributed by atoms with Crippen molar-refractivity contribution < 1.29 is 9.90 Å². The Bertz CT molecular complexity index is 270. The summed E-state index contributed by atoms with van der Waals surface area (Å²) in [7, 11) is 0. The molecule has 1 rings (SSSR count). The third-order valence-corrected chi connectivity index (χ3v) is 4.36. The van der Waals surface area contributed by atoms with Gasteiger partial charge in [0.1, 0.15) is 5.78 Å². The van der Waals surface area contributed by atoms with Crippen LogP contribution >= 0.6 is 11.6 Å². The number of aliphatic hydroxyl groups is 1.